The highest BCUT2D eigenvalue weighted by molar-refractivity contribution is 8.19. The summed E-state index contributed by atoms with van der Waals surface area (Å²) in [5.74, 6) is -1.53. The molecule has 1 saturated heterocycles. The number of carbonyl (C=O) groups excluding carboxylic acids is 3. The molecule has 156 valence electrons. The van der Waals surface area contributed by atoms with Gasteiger partial charge in [-0.3, -0.25) is 19.8 Å². The maximum absolute atomic E-state index is 12.8. The first-order valence-corrected chi connectivity index (χ1v) is 9.39. The fraction of sp³-hybridized carbons (Fsp3) is 0.176. The summed E-state index contributed by atoms with van der Waals surface area (Å²) in [4.78, 5) is 36.5. The van der Waals surface area contributed by atoms with E-state index in [1.54, 1.807) is 0 Å². The number of ether oxygens (including phenoxy) is 2. The van der Waals surface area contributed by atoms with Gasteiger partial charge in [0.2, 0.25) is 17.5 Å². The molecule has 2 aromatic rings. The molecule has 1 aliphatic rings. The van der Waals surface area contributed by atoms with E-state index in [4.69, 9.17) is 26.5 Å². The Morgan fingerprint density at radius 2 is 2.07 bits per heavy atom. The second-order valence-corrected chi connectivity index (χ2v) is 7.24. The van der Waals surface area contributed by atoms with Crippen LogP contribution in [0.25, 0.3) is 6.08 Å². The van der Waals surface area contributed by atoms with Crippen molar-refractivity contribution >= 4 is 64.0 Å². The number of amides is 2. The first-order chi connectivity index (χ1) is 14.2. The number of rotatable bonds is 5. The number of nitrogens with one attached hydrogen (secondary N) is 2. The molecule has 0 spiro atoms. The summed E-state index contributed by atoms with van der Waals surface area (Å²) in [7, 11) is 1.38. The standard InChI is InChI=1S/C17H14ClN5O6S/c1-7(24)20-14-15(22-29-21-14)23-16(26)12(30-17(23)19)6-9-4-10(18)13(28-8(2)25)11(5-9)27-3/h4-6,19H,1-3H3,(H,20,21,24)/b12-6+,19-17?. The van der Waals surface area contributed by atoms with Crippen LogP contribution >= 0.6 is 23.4 Å². The zero-order valence-electron chi connectivity index (χ0n) is 15.8. The van der Waals surface area contributed by atoms with Gasteiger partial charge in [-0.25, -0.2) is 9.53 Å². The molecule has 0 radical (unpaired) electrons. The number of amidine groups is 1. The molecule has 0 unspecified atom stereocenters. The van der Waals surface area contributed by atoms with Crippen molar-refractivity contribution in [3.63, 3.8) is 0 Å². The highest BCUT2D eigenvalue weighted by Crippen LogP contribution is 2.40. The van der Waals surface area contributed by atoms with Crippen molar-refractivity contribution in [1.29, 1.82) is 5.41 Å². The van der Waals surface area contributed by atoms with E-state index in [2.05, 4.69) is 20.3 Å². The predicted octanol–water partition coefficient (Wildman–Crippen LogP) is 2.67. The van der Waals surface area contributed by atoms with Crippen molar-refractivity contribution in [2.75, 3.05) is 17.3 Å². The summed E-state index contributed by atoms with van der Waals surface area (Å²) in [6.45, 7) is 2.49. The fourth-order valence-corrected chi connectivity index (χ4v) is 3.57. The van der Waals surface area contributed by atoms with Gasteiger partial charge in [-0.1, -0.05) is 11.6 Å². The minimum Gasteiger partial charge on any atom is -0.493 e. The molecule has 1 aliphatic heterocycles. The Morgan fingerprint density at radius 1 is 1.33 bits per heavy atom. The third kappa shape index (κ3) is 4.28. The van der Waals surface area contributed by atoms with Crippen molar-refractivity contribution in [2.45, 2.75) is 13.8 Å². The summed E-state index contributed by atoms with van der Waals surface area (Å²) in [5.41, 5.74) is 0.471. The average molecular weight is 452 g/mol. The van der Waals surface area contributed by atoms with Gasteiger partial charge >= 0.3 is 5.97 Å². The smallest absolute Gasteiger partial charge is 0.308 e. The van der Waals surface area contributed by atoms with E-state index in [0.29, 0.717) is 5.56 Å². The molecule has 30 heavy (non-hydrogen) atoms. The molecule has 2 N–H and O–H groups in total. The van der Waals surface area contributed by atoms with Gasteiger partial charge in [0.25, 0.3) is 5.91 Å². The maximum Gasteiger partial charge on any atom is 0.308 e. The van der Waals surface area contributed by atoms with Gasteiger partial charge < -0.3 is 14.8 Å². The minimum absolute atomic E-state index is 0.0576. The molecule has 0 aliphatic carbocycles. The van der Waals surface area contributed by atoms with Crippen molar-refractivity contribution in [3.05, 3.63) is 27.6 Å². The molecular weight excluding hydrogens is 438 g/mol. The maximum atomic E-state index is 12.8. The topological polar surface area (TPSA) is 148 Å². The van der Waals surface area contributed by atoms with Crippen molar-refractivity contribution < 1.29 is 28.5 Å². The largest absolute Gasteiger partial charge is 0.493 e. The van der Waals surface area contributed by atoms with Gasteiger partial charge in [0, 0.05) is 13.8 Å². The van der Waals surface area contributed by atoms with E-state index in [1.807, 2.05) is 0 Å². The third-order valence-electron chi connectivity index (χ3n) is 3.60. The number of halogens is 1. The number of anilines is 2. The summed E-state index contributed by atoms with van der Waals surface area (Å²) < 4.78 is 14.8. The highest BCUT2D eigenvalue weighted by atomic mass is 35.5. The third-order valence-corrected chi connectivity index (χ3v) is 4.77. The monoisotopic (exact) mass is 451 g/mol. The zero-order chi connectivity index (χ0) is 22.0. The summed E-state index contributed by atoms with van der Waals surface area (Å²) >= 11 is 7.05. The molecule has 2 amide bonds. The lowest BCUT2D eigenvalue weighted by Gasteiger charge is -2.11. The van der Waals surface area contributed by atoms with E-state index in [9.17, 15) is 14.4 Å². The number of thioether (sulfide) groups is 1. The van der Waals surface area contributed by atoms with Crippen molar-refractivity contribution in [3.8, 4) is 11.5 Å². The number of carbonyl (C=O) groups is 3. The Morgan fingerprint density at radius 3 is 2.70 bits per heavy atom. The van der Waals surface area contributed by atoms with Gasteiger partial charge in [0.1, 0.15) is 0 Å². The van der Waals surface area contributed by atoms with Crippen LogP contribution in [0, 0.1) is 5.41 Å². The molecule has 2 heterocycles. The first-order valence-electron chi connectivity index (χ1n) is 8.20. The quantitative estimate of drug-likeness (QED) is 0.397. The van der Waals surface area contributed by atoms with Crippen molar-refractivity contribution in [2.24, 2.45) is 0 Å². The molecule has 1 aromatic carbocycles. The molecule has 0 saturated carbocycles. The molecule has 11 nitrogen and oxygen atoms in total. The van der Waals surface area contributed by atoms with Crippen molar-refractivity contribution in [1.82, 2.24) is 10.3 Å². The van der Waals surface area contributed by atoms with Gasteiger partial charge in [-0.05, 0) is 45.8 Å². The lowest BCUT2D eigenvalue weighted by Crippen LogP contribution is -2.29. The molecule has 1 aromatic heterocycles. The van der Waals surface area contributed by atoms with E-state index in [0.717, 1.165) is 16.7 Å². The summed E-state index contributed by atoms with van der Waals surface area (Å²) in [5, 5.41) is 17.6. The Kier molecular flexibility index (Phi) is 6.08. The predicted molar refractivity (Wildman–Crippen MR) is 109 cm³/mol. The lowest BCUT2D eigenvalue weighted by molar-refractivity contribution is -0.132. The second-order valence-electron chi connectivity index (χ2n) is 5.80. The number of nitrogens with zero attached hydrogens (tertiary/aromatic N) is 3. The summed E-state index contributed by atoms with van der Waals surface area (Å²) in [6, 6.07) is 3.01. The van der Waals surface area contributed by atoms with Crippen LogP contribution in [0.3, 0.4) is 0 Å². The zero-order valence-corrected chi connectivity index (χ0v) is 17.4. The van der Waals surface area contributed by atoms with Crippen LogP contribution in [-0.2, 0) is 14.4 Å². The van der Waals surface area contributed by atoms with Gasteiger partial charge in [0.15, 0.2) is 16.7 Å². The molecule has 3 rings (SSSR count). The van der Waals surface area contributed by atoms with E-state index < -0.39 is 17.8 Å². The Bertz CT molecular complexity index is 1100. The number of esters is 1. The molecular formula is C17H14ClN5O6S. The van der Waals surface area contributed by atoms with Crippen LogP contribution in [0.5, 0.6) is 11.5 Å². The van der Waals surface area contributed by atoms with Crippen LogP contribution < -0.4 is 19.7 Å². The van der Waals surface area contributed by atoms with E-state index >= 15 is 0 Å². The van der Waals surface area contributed by atoms with Crippen LogP contribution in [-0.4, -0.2) is 40.4 Å². The number of aromatic nitrogens is 2. The number of benzene rings is 1. The highest BCUT2D eigenvalue weighted by Gasteiger charge is 2.37. The number of methoxy groups -OCH3 is 1. The average Bonchev–Trinajstić information content (AvgIpc) is 3.20. The van der Waals surface area contributed by atoms with E-state index in [1.165, 1.54) is 39.2 Å². The minimum atomic E-state index is -0.577. The van der Waals surface area contributed by atoms with Gasteiger partial charge in [0.05, 0.1) is 17.0 Å². The molecule has 13 heteroatoms. The Balaban J connectivity index is 1.94. The van der Waals surface area contributed by atoms with Gasteiger partial charge in [-0.2, -0.15) is 0 Å². The van der Waals surface area contributed by atoms with Crippen LogP contribution in [0.1, 0.15) is 19.4 Å². The summed E-state index contributed by atoms with van der Waals surface area (Å²) in [6.07, 6.45) is 1.49. The van der Waals surface area contributed by atoms with Gasteiger partial charge in [-0.15, -0.1) is 0 Å². The number of hydrogen-bond acceptors (Lipinski definition) is 10. The Labute approximate surface area is 178 Å². The van der Waals surface area contributed by atoms with Crippen LogP contribution in [0.15, 0.2) is 21.7 Å². The Hall–Kier alpha value is -3.38. The molecule has 0 bridgehead atoms. The fourth-order valence-electron chi connectivity index (χ4n) is 2.47. The molecule has 1 fully saturated rings. The molecule has 0 atom stereocenters. The second kappa shape index (κ2) is 8.55. The van der Waals surface area contributed by atoms with Crippen LogP contribution in [0.4, 0.5) is 11.6 Å². The SMILES string of the molecule is COc1cc(/C=C2/SC(=N)N(c3nonc3NC(C)=O)C2=O)cc(Cl)c1OC(C)=O. The lowest BCUT2D eigenvalue weighted by atomic mass is 10.1. The number of hydrogen-bond donors (Lipinski definition) is 2. The van der Waals surface area contributed by atoms with E-state index in [-0.39, 0.29) is 38.2 Å². The normalized spacial score (nSPS) is 14.9. The van der Waals surface area contributed by atoms with Crippen LogP contribution in [0.2, 0.25) is 5.02 Å². The first kappa shape index (κ1) is 21.3.